The van der Waals surface area contributed by atoms with Gasteiger partial charge in [-0.3, -0.25) is 4.79 Å². The van der Waals surface area contributed by atoms with Crippen LogP contribution in [0.2, 0.25) is 0 Å². The van der Waals surface area contributed by atoms with Crippen LogP contribution >= 0.6 is 22.6 Å². The van der Waals surface area contributed by atoms with Gasteiger partial charge in [-0.05, 0) is 73.6 Å². The quantitative estimate of drug-likeness (QED) is 0.730. The van der Waals surface area contributed by atoms with Gasteiger partial charge in [-0.25, -0.2) is 0 Å². The zero-order valence-electron chi connectivity index (χ0n) is 12.0. The molecule has 0 unspecified atom stereocenters. The molecule has 1 aromatic rings. The Morgan fingerprint density at radius 3 is 2.85 bits per heavy atom. The maximum atomic E-state index is 12.0. The fraction of sp³-hybridized carbons (Fsp3) is 0.533. The number of hydrogen-bond acceptors (Lipinski definition) is 3. The molecule has 20 heavy (non-hydrogen) atoms. The molecule has 0 heterocycles. The lowest BCUT2D eigenvalue weighted by molar-refractivity contribution is 0.0951. The zero-order chi connectivity index (χ0) is 14.5. The summed E-state index contributed by atoms with van der Waals surface area (Å²) in [5, 5.41) is 2.98. The van der Waals surface area contributed by atoms with Gasteiger partial charge in [-0.15, -0.1) is 0 Å². The summed E-state index contributed by atoms with van der Waals surface area (Å²) in [5.41, 5.74) is 0.672. The second-order valence-electron chi connectivity index (χ2n) is 5.45. The van der Waals surface area contributed by atoms with Gasteiger partial charge in [0.1, 0.15) is 12.4 Å². The molecule has 0 radical (unpaired) electrons. The maximum Gasteiger partial charge on any atom is 0.251 e. The first-order valence-electron chi connectivity index (χ1n) is 6.91. The normalized spacial score (nSPS) is 14.4. The Labute approximate surface area is 134 Å². The van der Waals surface area contributed by atoms with Crippen LogP contribution in [-0.4, -0.2) is 44.6 Å². The van der Waals surface area contributed by atoms with Crippen molar-refractivity contribution in [2.45, 2.75) is 12.8 Å². The molecule has 1 N–H and O–H groups in total. The van der Waals surface area contributed by atoms with Gasteiger partial charge in [0.15, 0.2) is 0 Å². The highest BCUT2D eigenvalue weighted by Crippen LogP contribution is 2.28. The van der Waals surface area contributed by atoms with E-state index >= 15 is 0 Å². The summed E-state index contributed by atoms with van der Waals surface area (Å²) >= 11 is 2.23. The van der Waals surface area contributed by atoms with Crippen LogP contribution in [0.1, 0.15) is 23.2 Å². The minimum atomic E-state index is -0.00856. The standard InChI is InChI=1S/C15H21IN2O2/c1-18(2)7-8-20-14-9-12(5-6-13(14)16)15(19)17-10-11-3-4-11/h5-6,9,11H,3-4,7-8,10H2,1-2H3,(H,17,19). The number of ether oxygens (including phenoxy) is 1. The topological polar surface area (TPSA) is 41.6 Å². The lowest BCUT2D eigenvalue weighted by Gasteiger charge is -2.13. The molecule has 1 saturated carbocycles. The van der Waals surface area contributed by atoms with E-state index in [1.165, 1.54) is 12.8 Å². The van der Waals surface area contributed by atoms with Crippen LogP contribution in [0, 0.1) is 9.49 Å². The fourth-order valence-electron chi connectivity index (χ4n) is 1.75. The van der Waals surface area contributed by atoms with E-state index in [0.717, 1.165) is 22.4 Å². The fourth-order valence-corrected chi connectivity index (χ4v) is 2.25. The van der Waals surface area contributed by atoms with Crippen LogP contribution in [0.4, 0.5) is 0 Å². The summed E-state index contributed by atoms with van der Waals surface area (Å²) in [5.74, 6) is 1.47. The molecule has 1 aliphatic carbocycles. The Morgan fingerprint density at radius 2 is 2.20 bits per heavy atom. The largest absolute Gasteiger partial charge is 0.491 e. The third-order valence-electron chi connectivity index (χ3n) is 3.24. The number of rotatable bonds is 7. The third-order valence-corrected chi connectivity index (χ3v) is 4.13. The Hall–Kier alpha value is -0.820. The first kappa shape index (κ1) is 15.6. The smallest absolute Gasteiger partial charge is 0.251 e. The highest BCUT2D eigenvalue weighted by molar-refractivity contribution is 14.1. The molecular formula is C15H21IN2O2. The lowest BCUT2D eigenvalue weighted by atomic mass is 10.2. The number of nitrogens with one attached hydrogen (secondary N) is 1. The number of hydrogen-bond donors (Lipinski definition) is 1. The molecule has 1 amide bonds. The molecule has 110 valence electrons. The van der Waals surface area contributed by atoms with Crippen molar-refractivity contribution < 1.29 is 9.53 Å². The van der Waals surface area contributed by atoms with Gasteiger partial charge in [0, 0.05) is 18.7 Å². The van der Waals surface area contributed by atoms with Crippen molar-refractivity contribution in [1.82, 2.24) is 10.2 Å². The maximum absolute atomic E-state index is 12.0. The van der Waals surface area contributed by atoms with Crippen molar-refractivity contribution in [2.24, 2.45) is 5.92 Å². The Bertz CT molecular complexity index is 473. The highest BCUT2D eigenvalue weighted by Gasteiger charge is 2.22. The average Bonchev–Trinajstić information content (AvgIpc) is 3.22. The van der Waals surface area contributed by atoms with E-state index < -0.39 is 0 Å². The number of likely N-dealkylation sites (N-methyl/N-ethyl adjacent to an activating group) is 1. The molecule has 1 aromatic carbocycles. The molecule has 2 rings (SSSR count). The molecule has 0 aromatic heterocycles. The number of carbonyl (C=O) groups excluding carboxylic acids is 1. The SMILES string of the molecule is CN(C)CCOc1cc(C(=O)NCC2CC2)ccc1I. The number of amides is 1. The van der Waals surface area contributed by atoms with Gasteiger partial charge < -0.3 is 15.0 Å². The Morgan fingerprint density at radius 1 is 1.45 bits per heavy atom. The van der Waals surface area contributed by atoms with E-state index in [-0.39, 0.29) is 5.91 Å². The van der Waals surface area contributed by atoms with Gasteiger partial charge in [0.2, 0.25) is 0 Å². The van der Waals surface area contributed by atoms with Crippen LogP contribution in [0.15, 0.2) is 18.2 Å². The molecular weight excluding hydrogens is 367 g/mol. The number of benzene rings is 1. The summed E-state index contributed by atoms with van der Waals surface area (Å²) in [4.78, 5) is 14.1. The van der Waals surface area contributed by atoms with Crippen molar-refractivity contribution in [3.8, 4) is 5.75 Å². The molecule has 4 nitrogen and oxygen atoms in total. The second-order valence-corrected chi connectivity index (χ2v) is 6.61. The molecule has 0 aliphatic heterocycles. The van der Waals surface area contributed by atoms with E-state index in [1.54, 1.807) is 0 Å². The number of halogens is 1. The Balaban J connectivity index is 1.93. The molecule has 1 aliphatic rings. The van der Waals surface area contributed by atoms with Crippen molar-refractivity contribution in [1.29, 1.82) is 0 Å². The van der Waals surface area contributed by atoms with E-state index in [1.807, 2.05) is 32.3 Å². The molecule has 5 heteroatoms. The minimum Gasteiger partial charge on any atom is -0.491 e. The van der Waals surface area contributed by atoms with Crippen molar-refractivity contribution >= 4 is 28.5 Å². The van der Waals surface area contributed by atoms with Crippen LogP contribution in [0.5, 0.6) is 5.75 Å². The van der Waals surface area contributed by atoms with Gasteiger partial charge >= 0.3 is 0 Å². The summed E-state index contributed by atoms with van der Waals surface area (Å²) < 4.78 is 6.78. The third kappa shape index (κ3) is 4.94. The predicted octanol–water partition coefficient (Wildman–Crippen LogP) is 2.37. The Kier molecular flexibility index (Phi) is 5.65. The van der Waals surface area contributed by atoms with Crippen molar-refractivity contribution in [3.63, 3.8) is 0 Å². The van der Waals surface area contributed by atoms with Crippen LogP contribution in [0.25, 0.3) is 0 Å². The average molecular weight is 388 g/mol. The van der Waals surface area contributed by atoms with Gasteiger partial charge in [-0.2, -0.15) is 0 Å². The zero-order valence-corrected chi connectivity index (χ0v) is 14.1. The monoisotopic (exact) mass is 388 g/mol. The lowest BCUT2D eigenvalue weighted by Crippen LogP contribution is -2.25. The first-order chi connectivity index (χ1) is 9.56. The number of carbonyl (C=O) groups is 1. The minimum absolute atomic E-state index is 0.00856. The van der Waals surface area contributed by atoms with E-state index in [9.17, 15) is 4.79 Å². The van der Waals surface area contributed by atoms with Crippen molar-refractivity contribution in [3.05, 3.63) is 27.3 Å². The van der Waals surface area contributed by atoms with Gasteiger partial charge in [0.05, 0.1) is 3.57 Å². The van der Waals surface area contributed by atoms with Gasteiger partial charge in [-0.1, -0.05) is 0 Å². The summed E-state index contributed by atoms with van der Waals surface area (Å²) in [6.45, 7) is 2.27. The van der Waals surface area contributed by atoms with Crippen LogP contribution < -0.4 is 10.1 Å². The number of nitrogens with zero attached hydrogens (tertiary/aromatic N) is 1. The predicted molar refractivity (Wildman–Crippen MR) is 88.3 cm³/mol. The summed E-state index contributed by atoms with van der Waals surface area (Å²) in [6, 6.07) is 5.61. The van der Waals surface area contributed by atoms with E-state index in [0.29, 0.717) is 18.1 Å². The second kappa shape index (κ2) is 7.26. The van der Waals surface area contributed by atoms with Crippen molar-refractivity contribution in [2.75, 3.05) is 33.8 Å². The van der Waals surface area contributed by atoms with E-state index in [4.69, 9.17) is 4.74 Å². The van der Waals surface area contributed by atoms with Crippen LogP contribution in [0.3, 0.4) is 0 Å². The highest BCUT2D eigenvalue weighted by atomic mass is 127. The molecule has 0 bridgehead atoms. The summed E-state index contributed by atoms with van der Waals surface area (Å²) in [6.07, 6.45) is 2.48. The van der Waals surface area contributed by atoms with E-state index in [2.05, 4.69) is 32.8 Å². The first-order valence-corrected chi connectivity index (χ1v) is 7.99. The molecule has 0 saturated heterocycles. The summed E-state index contributed by atoms with van der Waals surface area (Å²) in [7, 11) is 4.02. The molecule has 1 fully saturated rings. The van der Waals surface area contributed by atoms with Crippen LogP contribution in [-0.2, 0) is 0 Å². The molecule has 0 spiro atoms. The molecule has 0 atom stereocenters. The van der Waals surface area contributed by atoms with Gasteiger partial charge in [0.25, 0.3) is 5.91 Å².